The molecular formula is C21H27ClFN3O4. The minimum absolute atomic E-state index is 0. The number of aromatic nitrogens is 1. The number of halogens is 2. The highest BCUT2D eigenvalue weighted by Crippen LogP contribution is 2.44. The van der Waals surface area contributed by atoms with E-state index in [1.165, 1.54) is 19.4 Å². The number of fused-ring (bicyclic) bond motifs is 1. The van der Waals surface area contributed by atoms with E-state index in [4.69, 9.17) is 4.74 Å². The van der Waals surface area contributed by atoms with Crippen LogP contribution in [0.5, 0.6) is 5.75 Å². The van der Waals surface area contributed by atoms with Crippen molar-refractivity contribution in [1.29, 1.82) is 0 Å². The lowest BCUT2D eigenvalue weighted by molar-refractivity contribution is 0.0695. The molecule has 1 aliphatic heterocycles. The molecule has 30 heavy (non-hydrogen) atoms. The van der Waals surface area contributed by atoms with Gasteiger partial charge < -0.3 is 24.6 Å². The molecule has 1 aromatic carbocycles. The first-order valence-electron chi connectivity index (χ1n) is 9.98. The number of hydrogen-bond acceptors (Lipinski definition) is 5. The number of carboxylic acids is 1. The predicted octanol–water partition coefficient (Wildman–Crippen LogP) is 3.04. The second-order valence-corrected chi connectivity index (χ2v) is 8.02. The Morgan fingerprint density at radius 1 is 1.37 bits per heavy atom. The van der Waals surface area contributed by atoms with Gasteiger partial charge >= 0.3 is 5.97 Å². The summed E-state index contributed by atoms with van der Waals surface area (Å²) in [5.74, 6) is -1.19. The van der Waals surface area contributed by atoms with Crippen LogP contribution in [0.4, 0.5) is 10.1 Å². The first-order chi connectivity index (χ1) is 13.9. The van der Waals surface area contributed by atoms with Crippen LogP contribution in [-0.4, -0.2) is 48.9 Å². The van der Waals surface area contributed by atoms with Crippen molar-refractivity contribution in [2.24, 2.45) is 5.92 Å². The van der Waals surface area contributed by atoms with Gasteiger partial charge in [-0.15, -0.1) is 12.4 Å². The maximum Gasteiger partial charge on any atom is 0.341 e. The third kappa shape index (κ3) is 3.63. The molecule has 9 heteroatoms. The molecule has 2 atom stereocenters. The van der Waals surface area contributed by atoms with Gasteiger partial charge in [-0.1, -0.05) is 0 Å². The summed E-state index contributed by atoms with van der Waals surface area (Å²) < 4.78 is 22.7. The zero-order chi connectivity index (χ0) is 20.9. The second-order valence-electron chi connectivity index (χ2n) is 8.02. The standard InChI is InChI=1S/C21H26FN3O4.ClH/c1-11(23-2)12-6-7-24(9-12)18-16(22)8-14-17(20(18)29-3)25(13-4-5-13)10-15(19(14)26)21(27)28;/h8,10-13,23H,4-7,9H2,1-3H3,(H,27,28);1H/t11-,12+;/m0./s1. The van der Waals surface area contributed by atoms with E-state index in [2.05, 4.69) is 12.2 Å². The number of carbonyl (C=O) groups is 1. The molecule has 2 heterocycles. The third-order valence-corrected chi connectivity index (χ3v) is 6.28. The highest BCUT2D eigenvalue weighted by atomic mass is 35.5. The Labute approximate surface area is 180 Å². The summed E-state index contributed by atoms with van der Waals surface area (Å²) in [6.07, 6.45) is 4.08. The Morgan fingerprint density at radius 3 is 2.63 bits per heavy atom. The number of carboxylic acid groups (broad SMARTS) is 1. The summed E-state index contributed by atoms with van der Waals surface area (Å²) in [6.45, 7) is 3.48. The van der Waals surface area contributed by atoms with Crippen LogP contribution in [0.2, 0.25) is 0 Å². The molecule has 1 aromatic heterocycles. The van der Waals surface area contributed by atoms with Crippen molar-refractivity contribution >= 4 is 35.0 Å². The van der Waals surface area contributed by atoms with Crippen LogP contribution in [0.15, 0.2) is 17.1 Å². The molecule has 0 spiro atoms. The Morgan fingerprint density at radius 2 is 2.07 bits per heavy atom. The van der Waals surface area contributed by atoms with Gasteiger partial charge in [0, 0.05) is 31.4 Å². The van der Waals surface area contributed by atoms with Gasteiger partial charge in [0.2, 0.25) is 5.43 Å². The SMILES string of the molecule is CN[C@@H](C)[C@@H]1CCN(c2c(F)cc3c(=O)c(C(=O)O)cn(C4CC4)c3c2OC)C1.Cl. The number of aromatic carboxylic acids is 1. The number of pyridine rings is 1. The molecule has 4 rings (SSSR count). The molecule has 1 aliphatic carbocycles. The van der Waals surface area contributed by atoms with E-state index >= 15 is 4.39 Å². The van der Waals surface area contributed by atoms with Gasteiger partial charge in [0.25, 0.3) is 0 Å². The van der Waals surface area contributed by atoms with Crippen molar-refractivity contribution in [1.82, 2.24) is 9.88 Å². The lowest BCUT2D eigenvalue weighted by Gasteiger charge is -2.25. The number of benzene rings is 1. The molecule has 1 saturated heterocycles. The zero-order valence-corrected chi connectivity index (χ0v) is 18.1. The van der Waals surface area contributed by atoms with Gasteiger partial charge in [0.15, 0.2) is 11.6 Å². The molecule has 0 amide bonds. The van der Waals surface area contributed by atoms with Crippen LogP contribution in [-0.2, 0) is 0 Å². The maximum atomic E-state index is 15.3. The molecule has 0 radical (unpaired) electrons. The van der Waals surface area contributed by atoms with Crippen molar-refractivity contribution in [3.8, 4) is 5.75 Å². The number of ether oxygens (including phenoxy) is 1. The second kappa shape index (κ2) is 8.43. The number of nitrogens with one attached hydrogen (secondary N) is 1. The zero-order valence-electron chi connectivity index (χ0n) is 17.3. The number of methoxy groups -OCH3 is 1. The van der Waals surface area contributed by atoms with E-state index in [1.807, 2.05) is 11.9 Å². The molecule has 2 N–H and O–H groups in total. The Kier molecular flexibility index (Phi) is 6.29. The molecule has 7 nitrogen and oxygen atoms in total. The fourth-order valence-corrected chi connectivity index (χ4v) is 4.36. The minimum atomic E-state index is -1.31. The largest absolute Gasteiger partial charge is 0.492 e. The lowest BCUT2D eigenvalue weighted by Crippen LogP contribution is -2.33. The monoisotopic (exact) mass is 439 g/mol. The van der Waals surface area contributed by atoms with Gasteiger partial charge in [-0.3, -0.25) is 4.79 Å². The number of nitrogens with zero attached hydrogens (tertiary/aromatic N) is 2. The van der Waals surface area contributed by atoms with Crippen LogP contribution >= 0.6 is 12.4 Å². The lowest BCUT2D eigenvalue weighted by atomic mass is 10.0. The van der Waals surface area contributed by atoms with E-state index in [9.17, 15) is 14.7 Å². The molecule has 164 valence electrons. The smallest absolute Gasteiger partial charge is 0.341 e. The highest BCUT2D eigenvalue weighted by molar-refractivity contribution is 5.97. The van der Waals surface area contributed by atoms with E-state index in [0.29, 0.717) is 42.0 Å². The van der Waals surface area contributed by atoms with Gasteiger partial charge in [-0.05, 0) is 45.2 Å². The third-order valence-electron chi connectivity index (χ3n) is 6.28. The first-order valence-corrected chi connectivity index (χ1v) is 9.98. The van der Waals surface area contributed by atoms with Crippen molar-refractivity contribution in [3.05, 3.63) is 33.9 Å². The van der Waals surface area contributed by atoms with Gasteiger partial charge in [0.05, 0.1) is 18.0 Å². The summed E-state index contributed by atoms with van der Waals surface area (Å²) in [4.78, 5) is 26.3. The van der Waals surface area contributed by atoms with Gasteiger partial charge in [-0.25, -0.2) is 9.18 Å². The van der Waals surface area contributed by atoms with E-state index in [-0.39, 0.29) is 29.4 Å². The number of hydrogen-bond donors (Lipinski definition) is 2. The first kappa shape index (κ1) is 22.4. The van der Waals surface area contributed by atoms with Gasteiger partial charge in [0.1, 0.15) is 11.3 Å². The molecule has 2 aliphatic rings. The normalized spacial score (nSPS) is 19.6. The summed E-state index contributed by atoms with van der Waals surface area (Å²) in [5.41, 5.74) is -0.201. The van der Waals surface area contributed by atoms with E-state index < -0.39 is 17.2 Å². The Hall–Kier alpha value is -2.32. The number of rotatable bonds is 6. The summed E-state index contributed by atoms with van der Waals surface area (Å²) in [5, 5.41) is 12.7. The molecular weight excluding hydrogens is 413 g/mol. The van der Waals surface area contributed by atoms with Crippen LogP contribution in [0, 0.1) is 11.7 Å². The molecule has 0 unspecified atom stereocenters. The average Bonchev–Trinajstić information content (AvgIpc) is 3.43. The van der Waals surface area contributed by atoms with Crippen molar-refractivity contribution in [2.45, 2.75) is 38.3 Å². The maximum absolute atomic E-state index is 15.3. The molecule has 2 aromatic rings. The fourth-order valence-electron chi connectivity index (χ4n) is 4.36. The quantitative estimate of drug-likeness (QED) is 0.719. The molecule has 0 bridgehead atoms. The Bertz CT molecular complexity index is 1040. The van der Waals surface area contributed by atoms with Crippen molar-refractivity contribution in [2.75, 3.05) is 32.1 Å². The summed E-state index contributed by atoms with van der Waals surface area (Å²) in [6, 6.07) is 1.58. The van der Waals surface area contributed by atoms with Crippen LogP contribution in [0.1, 0.15) is 42.6 Å². The van der Waals surface area contributed by atoms with Crippen molar-refractivity contribution < 1.29 is 19.0 Å². The highest BCUT2D eigenvalue weighted by Gasteiger charge is 2.34. The molecule has 1 saturated carbocycles. The topological polar surface area (TPSA) is 83.8 Å². The van der Waals surface area contributed by atoms with Crippen LogP contribution in [0.25, 0.3) is 10.9 Å². The fraction of sp³-hybridized carbons (Fsp3) is 0.524. The summed E-state index contributed by atoms with van der Waals surface area (Å²) in [7, 11) is 3.38. The average molecular weight is 440 g/mol. The minimum Gasteiger partial charge on any atom is -0.492 e. The molecule has 2 fully saturated rings. The van der Waals surface area contributed by atoms with Crippen molar-refractivity contribution in [3.63, 3.8) is 0 Å². The van der Waals surface area contributed by atoms with E-state index in [0.717, 1.165) is 19.3 Å². The predicted molar refractivity (Wildman–Crippen MR) is 116 cm³/mol. The van der Waals surface area contributed by atoms with E-state index in [1.54, 1.807) is 4.57 Å². The Balaban J connectivity index is 0.00000256. The van der Waals surface area contributed by atoms with Gasteiger partial charge in [-0.2, -0.15) is 0 Å². The van der Waals surface area contributed by atoms with Crippen LogP contribution in [0.3, 0.4) is 0 Å². The van der Waals surface area contributed by atoms with Crippen LogP contribution < -0.4 is 20.4 Å². The number of anilines is 1. The summed E-state index contributed by atoms with van der Waals surface area (Å²) >= 11 is 0.